The Morgan fingerprint density at radius 1 is 1.22 bits per heavy atom. The Kier molecular flexibility index (Phi) is 3.68. The lowest BCUT2D eigenvalue weighted by Gasteiger charge is -2.33. The number of anilines is 1. The van der Waals surface area contributed by atoms with Crippen LogP contribution in [0.5, 0.6) is 0 Å². The number of pyridine rings is 1. The van der Waals surface area contributed by atoms with Gasteiger partial charge >= 0.3 is 0 Å². The molecule has 3 aromatic rings. The number of hydrogen-bond acceptors (Lipinski definition) is 5. The largest absolute Gasteiger partial charge is 0.355 e. The van der Waals surface area contributed by atoms with Gasteiger partial charge in [-0.1, -0.05) is 12.1 Å². The van der Waals surface area contributed by atoms with Gasteiger partial charge in [0.2, 0.25) is 0 Å². The minimum absolute atomic E-state index is 0.412. The van der Waals surface area contributed by atoms with E-state index in [9.17, 15) is 5.26 Å². The highest BCUT2D eigenvalue weighted by Gasteiger charge is 2.26. The number of hydrogen-bond donors (Lipinski definition) is 0. The molecule has 0 amide bonds. The highest BCUT2D eigenvalue weighted by Crippen LogP contribution is 2.34. The van der Waals surface area contributed by atoms with Crippen LogP contribution in [-0.4, -0.2) is 23.1 Å². The molecular formula is C18H16N4S. The van der Waals surface area contributed by atoms with Gasteiger partial charge in [0.05, 0.1) is 20.8 Å². The number of fused-ring (bicyclic) bond motifs is 1. The average molecular weight is 320 g/mol. The molecule has 1 atom stereocenters. The predicted molar refractivity (Wildman–Crippen MR) is 92.8 cm³/mol. The smallest absolute Gasteiger partial charge is 0.146 e. The molecule has 0 spiro atoms. The zero-order chi connectivity index (χ0) is 15.6. The molecule has 0 saturated carbocycles. The third kappa shape index (κ3) is 2.66. The van der Waals surface area contributed by atoms with Crippen molar-refractivity contribution in [2.75, 3.05) is 18.0 Å². The van der Waals surface area contributed by atoms with Crippen molar-refractivity contribution in [3.63, 3.8) is 0 Å². The maximum absolute atomic E-state index is 9.30. The first-order valence-corrected chi connectivity index (χ1v) is 8.62. The molecule has 1 fully saturated rings. The quantitative estimate of drug-likeness (QED) is 0.717. The fraction of sp³-hybridized carbons (Fsp3) is 0.278. The van der Waals surface area contributed by atoms with Crippen molar-refractivity contribution in [3.8, 4) is 6.07 Å². The second kappa shape index (κ2) is 5.98. The molecule has 4 rings (SSSR count). The SMILES string of the molecule is N#Cc1cccnc1N1CCCC(c2nc3ccccc3s2)C1. The van der Waals surface area contributed by atoms with Crippen LogP contribution in [0.25, 0.3) is 10.2 Å². The van der Waals surface area contributed by atoms with E-state index in [1.807, 2.05) is 18.2 Å². The van der Waals surface area contributed by atoms with E-state index in [-0.39, 0.29) is 0 Å². The van der Waals surface area contributed by atoms with Crippen LogP contribution in [0.4, 0.5) is 5.82 Å². The van der Waals surface area contributed by atoms with E-state index in [1.54, 1.807) is 17.5 Å². The number of rotatable bonds is 2. The van der Waals surface area contributed by atoms with Gasteiger partial charge < -0.3 is 4.90 Å². The Hall–Kier alpha value is -2.45. The molecule has 0 bridgehead atoms. The number of nitrogens with zero attached hydrogens (tertiary/aromatic N) is 4. The van der Waals surface area contributed by atoms with Crippen molar-refractivity contribution in [1.82, 2.24) is 9.97 Å². The Balaban J connectivity index is 1.63. The van der Waals surface area contributed by atoms with E-state index in [0.29, 0.717) is 11.5 Å². The van der Waals surface area contributed by atoms with Gasteiger partial charge in [0, 0.05) is 25.2 Å². The number of piperidine rings is 1. The number of nitriles is 1. The zero-order valence-corrected chi connectivity index (χ0v) is 13.5. The number of benzene rings is 1. The Labute approximate surface area is 139 Å². The molecule has 4 nitrogen and oxygen atoms in total. The summed E-state index contributed by atoms with van der Waals surface area (Å²) in [6.07, 6.45) is 4.00. The Bertz CT molecular complexity index is 847. The topological polar surface area (TPSA) is 52.8 Å². The van der Waals surface area contributed by atoms with E-state index >= 15 is 0 Å². The first kappa shape index (κ1) is 14.2. The van der Waals surface area contributed by atoms with Gasteiger partial charge in [-0.15, -0.1) is 11.3 Å². The number of para-hydroxylation sites is 1. The van der Waals surface area contributed by atoms with Crippen molar-refractivity contribution in [2.24, 2.45) is 0 Å². The van der Waals surface area contributed by atoms with Crippen LogP contribution in [-0.2, 0) is 0 Å². The molecule has 1 aliphatic heterocycles. The molecule has 0 radical (unpaired) electrons. The van der Waals surface area contributed by atoms with E-state index in [0.717, 1.165) is 37.3 Å². The summed E-state index contributed by atoms with van der Waals surface area (Å²) in [5.74, 6) is 1.22. The number of thiazole rings is 1. The summed E-state index contributed by atoms with van der Waals surface area (Å²) in [7, 11) is 0. The second-order valence-corrected chi connectivity index (χ2v) is 6.85. The van der Waals surface area contributed by atoms with Crippen molar-refractivity contribution in [3.05, 3.63) is 53.2 Å². The van der Waals surface area contributed by atoms with Crippen molar-refractivity contribution >= 4 is 27.4 Å². The zero-order valence-electron chi connectivity index (χ0n) is 12.6. The lowest BCUT2D eigenvalue weighted by molar-refractivity contribution is 0.506. The van der Waals surface area contributed by atoms with E-state index in [2.05, 4.69) is 34.2 Å². The summed E-state index contributed by atoms with van der Waals surface area (Å²) in [4.78, 5) is 11.5. The third-order valence-corrected chi connectivity index (χ3v) is 5.49. The molecular weight excluding hydrogens is 304 g/mol. The van der Waals surface area contributed by atoms with Crippen LogP contribution in [0.1, 0.15) is 29.3 Å². The van der Waals surface area contributed by atoms with Gasteiger partial charge in [-0.3, -0.25) is 0 Å². The average Bonchev–Trinajstić information content (AvgIpc) is 3.06. The monoisotopic (exact) mass is 320 g/mol. The third-order valence-electron chi connectivity index (χ3n) is 4.29. The van der Waals surface area contributed by atoms with Crippen LogP contribution in [0.2, 0.25) is 0 Å². The molecule has 5 heteroatoms. The molecule has 1 unspecified atom stereocenters. The lowest BCUT2D eigenvalue weighted by Crippen LogP contribution is -2.35. The van der Waals surface area contributed by atoms with Crippen LogP contribution >= 0.6 is 11.3 Å². The van der Waals surface area contributed by atoms with Crippen molar-refractivity contribution in [2.45, 2.75) is 18.8 Å². The summed E-state index contributed by atoms with van der Waals surface area (Å²) in [6.45, 7) is 1.83. The number of aromatic nitrogens is 2. The Morgan fingerprint density at radius 2 is 2.13 bits per heavy atom. The van der Waals surface area contributed by atoms with Crippen molar-refractivity contribution < 1.29 is 0 Å². The summed E-state index contributed by atoms with van der Waals surface area (Å²) in [6, 6.07) is 14.2. The van der Waals surface area contributed by atoms with E-state index in [1.165, 1.54) is 9.71 Å². The first-order valence-electron chi connectivity index (χ1n) is 7.80. The van der Waals surface area contributed by atoms with Crippen LogP contribution in [0.15, 0.2) is 42.6 Å². The Morgan fingerprint density at radius 3 is 3.00 bits per heavy atom. The van der Waals surface area contributed by atoms with Gasteiger partial charge in [0.15, 0.2) is 0 Å². The van der Waals surface area contributed by atoms with Gasteiger partial charge in [0.25, 0.3) is 0 Å². The summed E-state index contributed by atoms with van der Waals surface area (Å²) in [5.41, 5.74) is 1.73. The van der Waals surface area contributed by atoms with E-state index in [4.69, 9.17) is 4.98 Å². The van der Waals surface area contributed by atoms with Crippen LogP contribution in [0.3, 0.4) is 0 Å². The van der Waals surface area contributed by atoms with Gasteiger partial charge in [-0.2, -0.15) is 5.26 Å². The second-order valence-electron chi connectivity index (χ2n) is 5.79. The predicted octanol–water partition coefficient (Wildman–Crippen LogP) is 3.95. The molecule has 23 heavy (non-hydrogen) atoms. The minimum atomic E-state index is 0.412. The minimum Gasteiger partial charge on any atom is -0.355 e. The fourth-order valence-electron chi connectivity index (χ4n) is 3.17. The summed E-state index contributed by atoms with van der Waals surface area (Å²) >= 11 is 1.79. The molecule has 1 aliphatic rings. The van der Waals surface area contributed by atoms with Gasteiger partial charge in [0.1, 0.15) is 11.9 Å². The molecule has 3 heterocycles. The highest BCUT2D eigenvalue weighted by molar-refractivity contribution is 7.18. The molecule has 0 N–H and O–H groups in total. The molecule has 1 saturated heterocycles. The van der Waals surface area contributed by atoms with Crippen LogP contribution < -0.4 is 4.90 Å². The van der Waals surface area contributed by atoms with Crippen LogP contribution in [0, 0.1) is 11.3 Å². The molecule has 1 aromatic carbocycles. The normalized spacial score (nSPS) is 18.0. The summed E-state index contributed by atoms with van der Waals surface area (Å²) < 4.78 is 1.25. The first-order chi connectivity index (χ1) is 11.3. The standard InChI is InChI=1S/C18H16N4S/c19-11-13-5-3-9-20-17(13)22-10-4-6-14(12-22)18-21-15-7-1-2-8-16(15)23-18/h1-3,5,7-9,14H,4,6,10,12H2. The highest BCUT2D eigenvalue weighted by atomic mass is 32.1. The molecule has 0 aliphatic carbocycles. The van der Waals surface area contributed by atoms with E-state index < -0.39 is 0 Å². The lowest BCUT2D eigenvalue weighted by atomic mass is 9.98. The maximum Gasteiger partial charge on any atom is 0.146 e. The summed E-state index contributed by atoms with van der Waals surface area (Å²) in [5, 5.41) is 10.5. The molecule has 114 valence electrons. The molecule has 2 aromatic heterocycles. The maximum atomic E-state index is 9.30. The van der Waals surface area contributed by atoms with Crippen molar-refractivity contribution in [1.29, 1.82) is 5.26 Å². The van der Waals surface area contributed by atoms with Gasteiger partial charge in [-0.05, 0) is 37.1 Å². The fourth-order valence-corrected chi connectivity index (χ4v) is 4.27. The van der Waals surface area contributed by atoms with Gasteiger partial charge in [-0.25, -0.2) is 9.97 Å².